The third kappa shape index (κ3) is 8.55. The van der Waals surface area contributed by atoms with Crippen LogP contribution in [0.25, 0.3) is 0 Å². The molecule has 0 aliphatic carbocycles. The Morgan fingerprint density at radius 2 is 1.73 bits per heavy atom. The van der Waals surface area contributed by atoms with Crippen molar-refractivity contribution in [2.45, 2.75) is 109 Å². The second-order valence-corrected chi connectivity index (χ2v) is 18.6. The van der Waals surface area contributed by atoms with E-state index in [-0.39, 0.29) is 31.6 Å². The molecule has 3 heterocycles. The monoisotopic (exact) mass is 710 g/mol. The van der Waals surface area contributed by atoms with E-state index in [1.165, 1.54) is 20.1 Å². The lowest BCUT2D eigenvalue weighted by Crippen LogP contribution is -2.58. The van der Waals surface area contributed by atoms with E-state index < -0.39 is 76.6 Å². The van der Waals surface area contributed by atoms with Gasteiger partial charge in [0.15, 0.2) is 8.32 Å². The molecule has 3 aliphatic heterocycles. The van der Waals surface area contributed by atoms with Crippen molar-refractivity contribution < 1.29 is 55.7 Å². The first kappa shape index (κ1) is 37.7. The number of carbonyl (C=O) groups excluding carboxylic acids is 4. The third-order valence-electron chi connectivity index (χ3n) is 8.92. The zero-order valence-corrected chi connectivity index (χ0v) is 30.0. The molecule has 1 aromatic rings. The number of halogens is 1. The van der Waals surface area contributed by atoms with E-state index in [1.54, 1.807) is 42.5 Å². The zero-order valence-electron chi connectivity index (χ0n) is 28.1. The van der Waals surface area contributed by atoms with Crippen molar-refractivity contribution >= 4 is 46.1 Å². The first-order valence-corrected chi connectivity index (χ1v) is 20.5. The average Bonchev–Trinajstić information content (AvgIpc) is 3.30. The van der Waals surface area contributed by atoms with Gasteiger partial charge in [-0.3, -0.25) is 9.32 Å². The molecule has 4 amide bonds. The largest absolute Gasteiger partial charge is 0.510 e. The molecular weight excluding hydrogens is 664 g/mol. The van der Waals surface area contributed by atoms with Gasteiger partial charge in [0.2, 0.25) is 11.9 Å². The smallest absolute Gasteiger partial charge is 0.464 e. The second-order valence-electron chi connectivity index (χ2n) is 12.2. The van der Waals surface area contributed by atoms with Gasteiger partial charge in [-0.2, -0.15) is 14.5 Å². The number of imide groups is 3. The van der Waals surface area contributed by atoms with E-state index >= 15 is 4.39 Å². The first-order valence-electron chi connectivity index (χ1n) is 16.4. The molecule has 16 heteroatoms. The van der Waals surface area contributed by atoms with Gasteiger partial charge < -0.3 is 18.4 Å². The molecule has 1 N–H and O–H groups in total. The van der Waals surface area contributed by atoms with Crippen molar-refractivity contribution in [1.82, 2.24) is 9.99 Å². The molecule has 4 rings (SSSR count). The Labute approximate surface area is 281 Å². The maximum absolute atomic E-state index is 17.2. The topological polar surface area (TPSA) is 150 Å². The summed E-state index contributed by atoms with van der Waals surface area (Å²) in [6.45, 7) is 8.08. The Balaban J connectivity index is 1.75. The van der Waals surface area contributed by atoms with Crippen LogP contribution in [0.3, 0.4) is 0 Å². The molecule has 0 spiro atoms. The average molecular weight is 711 g/mol. The molecule has 4 bridgehead atoms. The summed E-state index contributed by atoms with van der Waals surface area (Å²) in [5, 5.41) is 2.63. The van der Waals surface area contributed by atoms with Gasteiger partial charge >= 0.3 is 31.6 Å². The highest BCUT2D eigenvalue weighted by atomic mass is 31.2. The quantitative estimate of drug-likeness (QED) is 0.0987. The number of benzene rings is 1. The van der Waals surface area contributed by atoms with Crippen LogP contribution in [0.15, 0.2) is 42.5 Å². The number of cyclic esters (lactones) is 1. The minimum absolute atomic E-state index is 0.00276. The highest BCUT2D eigenvalue weighted by molar-refractivity contribution is 7.52. The molecule has 1 fully saturated rings. The van der Waals surface area contributed by atoms with Crippen molar-refractivity contribution in [3.8, 4) is 5.75 Å². The first-order chi connectivity index (χ1) is 22.8. The van der Waals surface area contributed by atoms with Crippen LogP contribution in [0.5, 0.6) is 5.75 Å². The summed E-state index contributed by atoms with van der Waals surface area (Å²) in [6, 6.07) is 8.02. The van der Waals surface area contributed by atoms with Crippen LogP contribution in [0, 0.1) is 0 Å². The lowest BCUT2D eigenvalue weighted by molar-refractivity contribution is -0.545. The molecule has 48 heavy (non-hydrogen) atoms. The Bertz CT molecular complexity index is 1450. The summed E-state index contributed by atoms with van der Waals surface area (Å²) >= 11 is 0. The fourth-order valence-electron chi connectivity index (χ4n) is 5.89. The van der Waals surface area contributed by atoms with E-state index in [2.05, 4.69) is 5.09 Å². The second kappa shape index (κ2) is 16.1. The van der Waals surface area contributed by atoms with Crippen molar-refractivity contribution in [1.29, 1.82) is 0 Å². The maximum atomic E-state index is 17.2. The Morgan fingerprint density at radius 3 is 2.40 bits per heavy atom. The number of nitrogens with one attached hydrogen (secondary N) is 1. The number of ether oxygens (including phenoxy) is 2. The zero-order chi connectivity index (χ0) is 35.1. The number of esters is 1. The van der Waals surface area contributed by atoms with E-state index in [1.807, 2.05) is 20.8 Å². The lowest BCUT2D eigenvalue weighted by Gasteiger charge is -2.37. The van der Waals surface area contributed by atoms with Crippen molar-refractivity contribution in [3.05, 3.63) is 42.5 Å². The summed E-state index contributed by atoms with van der Waals surface area (Å²) < 4.78 is 62.2. The Kier molecular flexibility index (Phi) is 12.7. The van der Waals surface area contributed by atoms with Crippen LogP contribution in [0.2, 0.25) is 18.1 Å². The van der Waals surface area contributed by atoms with E-state index in [0.29, 0.717) is 29.5 Å². The summed E-state index contributed by atoms with van der Waals surface area (Å²) in [5.41, 5.74) is -2.37. The molecule has 13 nitrogen and oxygen atoms in total. The number of alkyl halides is 1. The van der Waals surface area contributed by atoms with Crippen LogP contribution in [0.1, 0.15) is 60.3 Å². The number of amides is 4. The maximum Gasteiger partial charge on any atom is 0.510 e. The normalized spacial score (nSPS) is 31.3. The van der Waals surface area contributed by atoms with Gasteiger partial charge in [-0.05, 0) is 57.0 Å². The van der Waals surface area contributed by atoms with Crippen molar-refractivity contribution in [3.63, 3.8) is 0 Å². The summed E-state index contributed by atoms with van der Waals surface area (Å²) in [7, 11) is -6.91. The van der Waals surface area contributed by atoms with Crippen LogP contribution in [-0.4, -0.2) is 91.2 Å². The van der Waals surface area contributed by atoms with Gasteiger partial charge in [0.25, 0.3) is 0 Å². The van der Waals surface area contributed by atoms with Gasteiger partial charge in [0.1, 0.15) is 30.4 Å². The van der Waals surface area contributed by atoms with E-state index in [0.717, 1.165) is 4.58 Å². The predicted octanol–water partition coefficient (Wildman–Crippen LogP) is 5.26. The Morgan fingerprint density at radius 1 is 1.06 bits per heavy atom. The SMILES string of the molecule is CC[Si](CC)(CC)O[C@@H]1C2COP(=O)(Oc3ccccc3)N[C@@H](C)C(=O)OCCC=CCCC(=O)N3C(=O)CC=[N+](C3=O)C(O2)[C@]1(C)F. The summed E-state index contributed by atoms with van der Waals surface area (Å²) in [4.78, 5) is 52.8. The number of fused-ring (bicyclic) bond motifs is 5. The van der Waals surface area contributed by atoms with E-state index in [4.69, 9.17) is 22.9 Å². The van der Waals surface area contributed by atoms with Crippen LogP contribution >= 0.6 is 7.75 Å². The molecule has 0 radical (unpaired) electrons. The van der Waals surface area contributed by atoms with Crippen molar-refractivity contribution in [2.24, 2.45) is 0 Å². The molecule has 3 unspecified atom stereocenters. The van der Waals surface area contributed by atoms with Gasteiger partial charge in [0.05, 0.1) is 25.8 Å². The molecule has 0 saturated carbocycles. The minimum Gasteiger partial charge on any atom is -0.464 e. The summed E-state index contributed by atoms with van der Waals surface area (Å²) in [6.07, 6.45) is 0.466. The van der Waals surface area contributed by atoms with E-state index in [9.17, 15) is 23.7 Å². The molecule has 1 aromatic carbocycles. The molecule has 6 atom stereocenters. The molecular formula is C32H46FN3O10PSi+. The number of carbonyl (C=O) groups is 4. The third-order valence-corrected chi connectivity index (χ3v) is 15.2. The number of para-hydroxylation sites is 1. The molecule has 0 aromatic heterocycles. The van der Waals surface area contributed by atoms with Crippen LogP contribution < -0.4 is 9.61 Å². The van der Waals surface area contributed by atoms with Gasteiger partial charge in [0, 0.05) is 0 Å². The number of rotatable bonds is 7. The minimum atomic E-state index is -4.37. The van der Waals surface area contributed by atoms with Crippen molar-refractivity contribution in [2.75, 3.05) is 13.2 Å². The van der Waals surface area contributed by atoms with Gasteiger partial charge in [-0.1, -0.05) is 56.0 Å². The number of hydrogen-bond acceptors (Lipinski definition) is 10. The summed E-state index contributed by atoms with van der Waals surface area (Å²) in [5.74, 6) is -2.01. The molecule has 3 aliphatic rings. The predicted molar refractivity (Wildman–Crippen MR) is 176 cm³/mol. The van der Waals surface area contributed by atoms with Crippen LogP contribution in [0.4, 0.5) is 9.18 Å². The van der Waals surface area contributed by atoms with Gasteiger partial charge in [-0.15, -0.1) is 0 Å². The lowest BCUT2D eigenvalue weighted by atomic mass is 9.98. The van der Waals surface area contributed by atoms with Gasteiger partial charge in [-0.25, -0.2) is 18.5 Å². The fraction of sp³-hybridized carbons (Fsp3) is 0.594. The Hall–Kier alpha value is -3.07. The number of urea groups is 1. The highest BCUT2D eigenvalue weighted by Crippen LogP contribution is 2.47. The standard InChI is InChI=1S/C32H46FN3O10PSi/c1-6-48(7-2,8-3)46-28-25-22-43-47(41,45-24-16-12-11-13-17-24)34-23(4)29(39)42-21-15-10-9-14-18-26(37)36-27(38)19-20-35(31(36)40)30(44-25)32(28,5)33/h9-13,16-17,20,23,25,28,30H,6-8,14-15,18-19,21-22H2,1-5H3,(H,34,41)/q+1/t23-,25?,28+,30?,32+,47?/m0/s1. The number of nitrogens with zero attached hydrogens (tertiary/aromatic N) is 2. The molecule has 264 valence electrons. The molecule has 1 saturated heterocycles. The fourth-order valence-corrected chi connectivity index (χ4v) is 10.3. The number of hydrogen-bond donors (Lipinski definition) is 1. The highest BCUT2D eigenvalue weighted by Gasteiger charge is 2.63. The number of allylic oxidation sites excluding steroid dienone is 1. The van der Waals surface area contributed by atoms with Crippen LogP contribution in [-0.2, 0) is 37.4 Å².